The van der Waals surface area contributed by atoms with Crippen molar-refractivity contribution >= 4 is 39.2 Å². The molecule has 0 aliphatic carbocycles. The molecule has 0 bridgehead atoms. The summed E-state index contributed by atoms with van der Waals surface area (Å²) in [6, 6.07) is 10.8. The molecule has 0 N–H and O–H groups in total. The van der Waals surface area contributed by atoms with Crippen LogP contribution in [0.5, 0.6) is 5.75 Å². The van der Waals surface area contributed by atoms with Gasteiger partial charge in [0.15, 0.2) is 5.01 Å². The summed E-state index contributed by atoms with van der Waals surface area (Å²) >= 11 is 7.19. The van der Waals surface area contributed by atoms with Crippen LogP contribution in [-0.2, 0) is 0 Å². The Hall–Kier alpha value is -2.18. The molecule has 0 atom stereocenters. The van der Waals surface area contributed by atoms with Gasteiger partial charge in [0.05, 0.1) is 6.54 Å². The molecule has 0 unspecified atom stereocenters. The van der Waals surface area contributed by atoms with E-state index >= 15 is 0 Å². The fourth-order valence-electron chi connectivity index (χ4n) is 1.98. The molecular weight excluding hydrogens is 334 g/mol. The summed E-state index contributed by atoms with van der Waals surface area (Å²) in [7, 11) is 1.73. The first-order valence-corrected chi connectivity index (χ1v) is 8.18. The summed E-state index contributed by atoms with van der Waals surface area (Å²) in [6.45, 7) is 0.834. The molecule has 0 aliphatic heterocycles. The van der Waals surface area contributed by atoms with Crippen molar-refractivity contribution < 1.29 is 9.53 Å². The highest BCUT2D eigenvalue weighted by atomic mass is 35.5. The third kappa shape index (κ3) is 3.78. The maximum Gasteiger partial charge on any atom is 0.282 e. The van der Waals surface area contributed by atoms with Crippen LogP contribution in [0.1, 0.15) is 9.80 Å². The van der Waals surface area contributed by atoms with Crippen LogP contribution < -0.4 is 4.74 Å². The normalized spacial score (nSPS) is 10.7. The number of hydrogen-bond donors (Lipinski definition) is 0. The van der Waals surface area contributed by atoms with Crippen molar-refractivity contribution in [3.8, 4) is 5.75 Å². The van der Waals surface area contributed by atoms with Gasteiger partial charge in [0.25, 0.3) is 5.91 Å². The number of benzene rings is 1. The summed E-state index contributed by atoms with van der Waals surface area (Å²) in [6.07, 6.45) is 1.69. The maximum absolute atomic E-state index is 12.4. The summed E-state index contributed by atoms with van der Waals surface area (Å²) in [5, 5.41) is 1.05. The van der Waals surface area contributed by atoms with Crippen molar-refractivity contribution in [1.29, 1.82) is 0 Å². The van der Waals surface area contributed by atoms with Gasteiger partial charge in [0.1, 0.15) is 22.7 Å². The molecule has 7 heteroatoms. The van der Waals surface area contributed by atoms with Gasteiger partial charge in [-0.1, -0.05) is 29.0 Å². The average molecular weight is 348 g/mol. The molecule has 2 aromatic heterocycles. The van der Waals surface area contributed by atoms with Gasteiger partial charge >= 0.3 is 0 Å². The van der Waals surface area contributed by atoms with Crippen molar-refractivity contribution in [3.63, 3.8) is 0 Å². The number of carbonyl (C=O) groups is 1. The molecule has 5 nitrogen and oxygen atoms in total. The molecule has 3 aromatic rings. The Bertz CT molecular complexity index is 804. The van der Waals surface area contributed by atoms with E-state index in [4.69, 9.17) is 16.3 Å². The van der Waals surface area contributed by atoms with Gasteiger partial charge in [-0.3, -0.25) is 4.79 Å². The second-order valence-electron chi connectivity index (χ2n) is 4.88. The number of fused-ring (bicyclic) bond motifs is 1. The van der Waals surface area contributed by atoms with Crippen molar-refractivity contribution in [3.05, 3.63) is 52.6 Å². The number of hydrogen-bond acceptors (Lipinski definition) is 5. The van der Waals surface area contributed by atoms with Gasteiger partial charge in [-0.15, -0.1) is 0 Å². The van der Waals surface area contributed by atoms with Crippen LogP contribution in [0.15, 0.2) is 42.6 Å². The number of halogens is 1. The van der Waals surface area contributed by atoms with Gasteiger partial charge < -0.3 is 9.64 Å². The number of likely N-dealkylation sites (N-methyl/N-ethyl adjacent to an activating group) is 1. The van der Waals surface area contributed by atoms with Crippen LogP contribution >= 0.6 is 22.9 Å². The molecule has 0 radical (unpaired) electrons. The fraction of sp³-hybridized carbons (Fsp3) is 0.188. The number of ether oxygens (including phenoxy) is 1. The Kier molecular flexibility index (Phi) is 4.73. The third-order valence-electron chi connectivity index (χ3n) is 3.19. The smallest absolute Gasteiger partial charge is 0.282 e. The SMILES string of the molecule is CN(CCOc1cccc(Cl)c1)C(=O)c1nc2cccnc2s1. The van der Waals surface area contributed by atoms with E-state index in [0.717, 1.165) is 10.3 Å². The number of carbonyl (C=O) groups excluding carboxylic acids is 1. The number of amides is 1. The minimum absolute atomic E-state index is 0.136. The zero-order chi connectivity index (χ0) is 16.2. The van der Waals surface area contributed by atoms with Gasteiger partial charge in [0.2, 0.25) is 0 Å². The first kappa shape index (κ1) is 15.7. The number of rotatable bonds is 5. The lowest BCUT2D eigenvalue weighted by atomic mass is 10.3. The van der Waals surface area contributed by atoms with Crippen LogP contribution in [-0.4, -0.2) is 41.0 Å². The van der Waals surface area contributed by atoms with Gasteiger partial charge in [-0.2, -0.15) is 0 Å². The van der Waals surface area contributed by atoms with Gasteiger partial charge in [-0.25, -0.2) is 9.97 Å². The average Bonchev–Trinajstić information content (AvgIpc) is 2.98. The lowest BCUT2D eigenvalue weighted by Gasteiger charge is -2.16. The molecule has 0 saturated carbocycles. The Morgan fingerprint density at radius 3 is 3.00 bits per heavy atom. The highest BCUT2D eigenvalue weighted by molar-refractivity contribution is 7.19. The molecule has 1 amide bonds. The second kappa shape index (κ2) is 6.93. The second-order valence-corrected chi connectivity index (χ2v) is 6.29. The van der Waals surface area contributed by atoms with E-state index < -0.39 is 0 Å². The Morgan fingerprint density at radius 1 is 1.35 bits per heavy atom. The zero-order valence-corrected chi connectivity index (χ0v) is 14.0. The molecule has 23 heavy (non-hydrogen) atoms. The fourth-order valence-corrected chi connectivity index (χ4v) is 3.07. The number of thiazole rings is 1. The van der Waals surface area contributed by atoms with Crippen LogP contribution in [0.2, 0.25) is 5.02 Å². The van der Waals surface area contributed by atoms with E-state index in [2.05, 4.69) is 9.97 Å². The largest absolute Gasteiger partial charge is 0.492 e. The van der Waals surface area contributed by atoms with E-state index in [-0.39, 0.29) is 5.91 Å². The molecule has 0 saturated heterocycles. The Labute approximate surface area is 142 Å². The lowest BCUT2D eigenvalue weighted by molar-refractivity contribution is 0.0773. The topological polar surface area (TPSA) is 55.3 Å². The predicted octanol–water partition coefficient (Wildman–Crippen LogP) is 3.50. The predicted molar refractivity (Wildman–Crippen MR) is 91.3 cm³/mol. The highest BCUT2D eigenvalue weighted by Gasteiger charge is 2.17. The van der Waals surface area contributed by atoms with E-state index in [0.29, 0.717) is 28.9 Å². The van der Waals surface area contributed by atoms with Crippen molar-refractivity contribution in [2.45, 2.75) is 0 Å². The monoisotopic (exact) mass is 347 g/mol. The quantitative estimate of drug-likeness (QED) is 0.709. The van der Waals surface area contributed by atoms with Crippen LogP contribution in [0.25, 0.3) is 10.3 Å². The number of pyridine rings is 1. The summed E-state index contributed by atoms with van der Waals surface area (Å²) in [5.41, 5.74) is 0.740. The van der Waals surface area contributed by atoms with E-state index in [9.17, 15) is 4.79 Å². The first-order chi connectivity index (χ1) is 11.1. The standard InChI is InChI=1S/C16H14ClN3O2S/c1-20(8-9-22-12-5-2-4-11(17)10-12)16(21)15-19-13-6-3-7-18-14(13)23-15/h2-7,10H,8-9H2,1H3. The minimum Gasteiger partial charge on any atom is -0.492 e. The summed E-state index contributed by atoms with van der Waals surface area (Å²) in [4.78, 5) is 23.2. The number of nitrogens with zero attached hydrogens (tertiary/aromatic N) is 3. The lowest BCUT2D eigenvalue weighted by Crippen LogP contribution is -2.30. The molecule has 3 rings (SSSR count). The summed E-state index contributed by atoms with van der Waals surface area (Å²) in [5.74, 6) is 0.547. The zero-order valence-electron chi connectivity index (χ0n) is 12.4. The van der Waals surface area contributed by atoms with Crippen molar-refractivity contribution in [2.24, 2.45) is 0 Å². The van der Waals surface area contributed by atoms with Crippen LogP contribution in [0, 0.1) is 0 Å². The molecule has 2 heterocycles. The molecule has 118 valence electrons. The van der Waals surface area contributed by atoms with E-state index in [1.165, 1.54) is 11.3 Å². The Balaban J connectivity index is 1.59. The molecule has 0 fully saturated rings. The van der Waals surface area contributed by atoms with Crippen LogP contribution in [0.3, 0.4) is 0 Å². The number of aromatic nitrogens is 2. The maximum atomic E-state index is 12.4. The van der Waals surface area contributed by atoms with E-state index in [1.54, 1.807) is 36.3 Å². The van der Waals surface area contributed by atoms with Gasteiger partial charge in [0, 0.05) is 18.3 Å². The van der Waals surface area contributed by atoms with E-state index in [1.807, 2.05) is 18.2 Å². The summed E-state index contributed by atoms with van der Waals surface area (Å²) < 4.78 is 5.59. The molecule has 0 aliphatic rings. The van der Waals surface area contributed by atoms with Gasteiger partial charge in [-0.05, 0) is 30.3 Å². The molecule has 1 aromatic carbocycles. The van der Waals surface area contributed by atoms with Crippen molar-refractivity contribution in [1.82, 2.24) is 14.9 Å². The molecule has 0 spiro atoms. The Morgan fingerprint density at radius 2 is 2.22 bits per heavy atom. The first-order valence-electron chi connectivity index (χ1n) is 6.99. The van der Waals surface area contributed by atoms with Crippen LogP contribution in [0.4, 0.5) is 0 Å². The highest BCUT2D eigenvalue weighted by Crippen LogP contribution is 2.20. The molecular formula is C16H14ClN3O2S. The third-order valence-corrected chi connectivity index (χ3v) is 4.39. The van der Waals surface area contributed by atoms with Crippen molar-refractivity contribution in [2.75, 3.05) is 20.2 Å². The minimum atomic E-state index is -0.136.